The van der Waals surface area contributed by atoms with E-state index < -0.39 is 5.38 Å². The first-order chi connectivity index (χ1) is 9.02. The standard InChI is InChI=1S/C14H10BrCl2FO/c1-19-9-3-4-10(12(15)7-9)14(17)11-6-8(16)2-5-13(11)18/h2-7,14H,1H3. The van der Waals surface area contributed by atoms with Gasteiger partial charge in [0.05, 0.1) is 12.5 Å². The van der Waals surface area contributed by atoms with Gasteiger partial charge in [-0.25, -0.2) is 4.39 Å². The van der Waals surface area contributed by atoms with E-state index in [0.29, 0.717) is 16.3 Å². The second-order valence-corrected chi connectivity index (χ2v) is 5.64. The largest absolute Gasteiger partial charge is 0.497 e. The van der Waals surface area contributed by atoms with Crippen LogP contribution in [0.4, 0.5) is 4.39 Å². The fourth-order valence-corrected chi connectivity index (χ4v) is 2.97. The molecule has 0 aromatic heterocycles. The molecule has 0 heterocycles. The van der Waals surface area contributed by atoms with Crippen molar-refractivity contribution in [3.63, 3.8) is 0 Å². The highest BCUT2D eigenvalue weighted by atomic mass is 79.9. The molecule has 0 N–H and O–H groups in total. The van der Waals surface area contributed by atoms with Crippen molar-refractivity contribution in [3.8, 4) is 5.75 Å². The smallest absolute Gasteiger partial charge is 0.128 e. The van der Waals surface area contributed by atoms with Crippen molar-refractivity contribution >= 4 is 39.1 Å². The summed E-state index contributed by atoms with van der Waals surface area (Å²) < 4.78 is 19.7. The summed E-state index contributed by atoms with van der Waals surface area (Å²) in [5.74, 6) is 0.318. The summed E-state index contributed by atoms with van der Waals surface area (Å²) in [5, 5.41) is -0.175. The molecule has 19 heavy (non-hydrogen) atoms. The highest BCUT2D eigenvalue weighted by Crippen LogP contribution is 2.37. The lowest BCUT2D eigenvalue weighted by Crippen LogP contribution is -1.98. The fraction of sp³-hybridized carbons (Fsp3) is 0.143. The number of ether oxygens (including phenoxy) is 1. The molecule has 0 saturated heterocycles. The molecule has 0 fully saturated rings. The first kappa shape index (κ1) is 14.6. The lowest BCUT2D eigenvalue weighted by atomic mass is 10.0. The lowest BCUT2D eigenvalue weighted by Gasteiger charge is -2.14. The number of rotatable bonds is 3. The third-order valence-corrected chi connectivity index (χ3v) is 4.10. The van der Waals surface area contributed by atoms with Gasteiger partial charge in [-0.3, -0.25) is 0 Å². The van der Waals surface area contributed by atoms with Gasteiger partial charge in [-0.2, -0.15) is 0 Å². The maximum absolute atomic E-state index is 13.8. The summed E-state index contributed by atoms with van der Waals surface area (Å²) in [7, 11) is 1.58. The van der Waals surface area contributed by atoms with Gasteiger partial charge in [-0.1, -0.05) is 33.6 Å². The van der Waals surface area contributed by atoms with Crippen molar-refractivity contribution in [1.29, 1.82) is 0 Å². The molecule has 2 aromatic carbocycles. The molecule has 0 spiro atoms. The van der Waals surface area contributed by atoms with Gasteiger partial charge in [0.1, 0.15) is 11.6 Å². The van der Waals surface area contributed by atoms with E-state index in [1.165, 1.54) is 18.2 Å². The van der Waals surface area contributed by atoms with Crippen LogP contribution in [0.2, 0.25) is 5.02 Å². The molecule has 0 radical (unpaired) electrons. The predicted octanol–water partition coefficient (Wildman–Crippen LogP) is 5.58. The van der Waals surface area contributed by atoms with Crippen LogP contribution in [0.25, 0.3) is 0 Å². The molecular weight excluding hydrogens is 354 g/mol. The average Bonchev–Trinajstić information content (AvgIpc) is 2.40. The molecule has 0 aliphatic rings. The van der Waals surface area contributed by atoms with Gasteiger partial charge in [0.2, 0.25) is 0 Å². The van der Waals surface area contributed by atoms with Gasteiger partial charge in [-0.15, -0.1) is 11.6 Å². The molecule has 2 rings (SSSR count). The van der Waals surface area contributed by atoms with Crippen LogP contribution in [0.3, 0.4) is 0 Å². The minimum Gasteiger partial charge on any atom is -0.497 e. The summed E-state index contributed by atoms with van der Waals surface area (Å²) >= 11 is 15.6. The zero-order valence-corrected chi connectivity index (χ0v) is 13.1. The van der Waals surface area contributed by atoms with E-state index in [1.54, 1.807) is 25.3 Å². The Labute approximate surface area is 129 Å². The molecule has 0 aliphatic heterocycles. The number of alkyl halides is 1. The summed E-state index contributed by atoms with van der Waals surface area (Å²) in [6.45, 7) is 0. The molecular formula is C14H10BrCl2FO. The monoisotopic (exact) mass is 362 g/mol. The first-order valence-corrected chi connectivity index (χ1v) is 7.06. The van der Waals surface area contributed by atoms with E-state index in [4.69, 9.17) is 27.9 Å². The summed E-state index contributed by atoms with van der Waals surface area (Å²) in [6, 6.07) is 9.69. The Balaban J connectivity index is 2.43. The van der Waals surface area contributed by atoms with Crippen LogP contribution in [0.5, 0.6) is 5.75 Å². The van der Waals surface area contributed by atoms with Crippen molar-refractivity contribution in [3.05, 3.63) is 62.8 Å². The molecule has 0 saturated carbocycles. The zero-order chi connectivity index (χ0) is 14.0. The van der Waals surface area contributed by atoms with Gasteiger partial charge in [0, 0.05) is 15.1 Å². The van der Waals surface area contributed by atoms with E-state index in [0.717, 1.165) is 10.0 Å². The molecule has 1 unspecified atom stereocenters. The van der Waals surface area contributed by atoms with Crippen LogP contribution in [0.1, 0.15) is 16.5 Å². The Morgan fingerprint density at radius 3 is 2.53 bits per heavy atom. The summed E-state index contributed by atoms with van der Waals surface area (Å²) in [6.07, 6.45) is 0. The Morgan fingerprint density at radius 2 is 1.89 bits per heavy atom. The molecule has 2 aromatic rings. The maximum atomic E-state index is 13.8. The number of methoxy groups -OCH3 is 1. The van der Waals surface area contributed by atoms with Crippen LogP contribution in [0.15, 0.2) is 40.9 Å². The highest BCUT2D eigenvalue weighted by Gasteiger charge is 2.18. The molecule has 5 heteroatoms. The van der Waals surface area contributed by atoms with Crippen molar-refractivity contribution < 1.29 is 9.13 Å². The van der Waals surface area contributed by atoms with Crippen LogP contribution in [-0.2, 0) is 0 Å². The summed E-state index contributed by atoms with van der Waals surface area (Å²) in [5.41, 5.74) is 1.10. The van der Waals surface area contributed by atoms with Gasteiger partial charge >= 0.3 is 0 Å². The fourth-order valence-electron chi connectivity index (χ4n) is 1.72. The average molecular weight is 364 g/mol. The third-order valence-electron chi connectivity index (χ3n) is 2.71. The Morgan fingerprint density at radius 1 is 1.16 bits per heavy atom. The maximum Gasteiger partial charge on any atom is 0.128 e. The van der Waals surface area contributed by atoms with Crippen molar-refractivity contribution in [2.75, 3.05) is 7.11 Å². The van der Waals surface area contributed by atoms with Crippen LogP contribution >= 0.6 is 39.1 Å². The molecule has 0 bridgehead atoms. The van der Waals surface area contributed by atoms with Gasteiger partial charge < -0.3 is 4.74 Å². The van der Waals surface area contributed by atoms with Crippen molar-refractivity contribution in [1.82, 2.24) is 0 Å². The SMILES string of the molecule is COc1ccc(C(Cl)c2cc(Cl)ccc2F)c(Br)c1. The minimum absolute atomic E-state index is 0.347. The van der Waals surface area contributed by atoms with Crippen LogP contribution in [-0.4, -0.2) is 7.11 Å². The van der Waals surface area contributed by atoms with Crippen molar-refractivity contribution in [2.45, 2.75) is 5.38 Å². The zero-order valence-electron chi connectivity index (χ0n) is 9.96. The van der Waals surface area contributed by atoms with E-state index in [1.807, 2.05) is 0 Å². The highest BCUT2D eigenvalue weighted by molar-refractivity contribution is 9.10. The van der Waals surface area contributed by atoms with Crippen molar-refractivity contribution in [2.24, 2.45) is 0 Å². The Bertz CT molecular complexity index is 604. The molecule has 0 amide bonds. The molecule has 1 atom stereocenters. The van der Waals surface area contributed by atoms with E-state index in [2.05, 4.69) is 15.9 Å². The second kappa shape index (κ2) is 6.12. The van der Waals surface area contributed by atoms with Gasteiger partial charge in [-0.05, 0) is 35.9 Å². The first-order valence-electron chi connectivity index (χ1n) is 5.45. The predicted molar refractivity (Wildman–Crippen MR) is 79.8 cm³/mol. The van der Waals surface area contributed by atoms with Crippen LogP contribution < -0.4 is 4.74 Å². The number of hydrogen-bond acceptors (Lipinski definition) is 1. The van der Waals surface area contributed by atoms with Gasteiger partial charge in [0.15, 0.2) is 0 Å². The topological polar surface area (TPSA) is 9.23 Å². The van der Waals surface area contributed by atoms with E-state index >= 15 is 0 Å². The third kappa shape index (κ3) is 3.22. The Kier molecular flexibility index (Phi) is 4.71. The molecule has 1 nitrogen and oxygen atoms in total. The minimum atomic E-state index is -0.626. The lowest BCUT2D eigenvalue weighted by molar-refractivity contribution is 0.414. The summed E-state index contributed by atoms with van der Waals surface area (Å²) in [4.78, 5) is 0. The number of hydrogen-bond donors (Lipinski definition) is 0. The Hall–Kier alpha value is -0.770. The second-order valence-electron chi connectivity index (χ2n) is 3.92. The van der Waals surface area contributed by atoms with Gasteiger partial charge in [0.25, 0.3) is 0 Å². The number of benzene rings is 2. The molecule has 100 valence electrons. The normalized spacial score (nSPS) is 12.3. The van der Waals surface area contributed by atoms with E-state index in [-0.39, 0.29) is 5.82 Å². The van der Waals surface area contributed by atoms with E-state index in [9.17, 15) is 4.39 Å². The quantitative estimate of drug-likeness (QED) is 0.647. The molecule has 0 aliphatic carbocycles. The number of halogens is 4. The van der Waals surface area contributed by atoms with Crippen LogP contribution in [0, 0.1) is 5.82 Å².